The van der Waals surface area contributed by atoms with E-state index in [1.165, 1.54) is 11.8 Å². The molecule has 1 aliphatic rings. The molecule has 158 valence electrons. The first-order valence-electron chi connectivity index (χ1n) is 9.85. The van der Waals surface area contributed by atoms with Gasteiger partial charge in [-0.2, -0.15) is 4.98 Å². The molecular formula is C24H17BrN4O2S. The number of hydrogen-bond acceptors (Lipinski definition) is 6. The maximum Gasteiger partial charge on any atom is 0.261 e. The Bertz CT molecular complexity index is 1300. The molecule has 0 bridgehead atoms. The summed E-state index contributed by atoms with van der Waals surface area (Å²) >= 11 is 5.01. The number of para-hydroxylation sites is 1. The number of hydrogen-bond donors (Lipinski definition) is 0. The molecule has 6 nitrogen and oxygen atoms in total. The van der Waals surface area contributed by atoms with Crippen LogP contribution in [0.2, 0.25) is 0 Å². The number of nitrogens with zero attached hydrogens (tertiary/aromatic N) is 4. The topological polar surface area (TPSA) is 68.2 Å². The Morgan fingerprint density at radius 1 is 0.969 bits per heavy atom. The van der Waals surface area contributed by atoms with Crippen LogP contribution in [0.3, 0.4) is 0 Å². The number of benzene rings is 3. The van der Waals surface area contributed by atoms with Crippen LogP contribution in [-0.2, 0) is 0 Å². The standard InChI is InChI=1S/C24H17BrN4O2S/c1-32-24-26-21-20(27-28-24)17-12-6-8-14-19(17)29(22(30)15-9-3-2-4-10-15)23(31-21)16-11-5-7-13-18(16)25/h2-14,23H,1H3/t23-/m0/s1. The lowest BCUT2D eigenvalue weighted by molar-refractivity contribution is 0.0909. The molecule has 1 atom stereocenters. The normalized spacial score (nSPS) is 14.7. The van der Waals surface area contributed by atoms with Crippen LogP contribution in [0.25, 0.3) is 11.3 Å². The van der Waals surface area contributed by atoms with Crippen LogP contribution in [-0.4, -0.2) is 27.3 Å². The summed E-state index contributed by atoms with van der Waals surface area (Å²) in [6, 6.07) is 24.4. The zero-order valence-corrected chi connectivity index (χ0v) is 19.4. The highest BCUT2D eigenvalue weighted by atomic mass is 79.9. The van der Waals surface area contributed by atoms with Crippen molar-refractivity contribution in [2.24, 2.45) is 0 Å². The summed E-state index contributed by atoms with van der Waals surface area (Å²) in [4.78, 5) is 20.1. The summed E-state index contributed by atoms with van der Waals surface area (Å²) in [7, 11) is 0. The third-order valence-electron chi connectivity index (χ3n) is 5.11. The summed E-state index contributed by atoms with van der Waals surface area (Å²) in [6.07, 6.45) is 1.11. The molecule has 0 saturated heterocycles. The summed E-state index contributed by atoms with van der Waals surface area (Å²) in [6.45, 7) is 0. The van der Waals surface area contributed by atoms with Crippen molar-refractivity contribution in [3.63, 3.8) is 0 Å². The highest BCUT2D eigenvalue weighted by Crippen LogP contribution is 2.44. The number of carbonyl (C=O) groups excluding carboxylic acids is 1. The first kappa shape index (κ1) is 20.7. The second-order valence-corrected chi connectivity index (χ2v) is 8.63. The van der Waals surface area contributed by atoms with Gasteiger partial charge in [-0.3, -0.25) is 9.69 Å². The zero-order valence-electron chi connectivity index (χ0n) is 17.0. The fraction of sp³-hybridized carbons (Fsp3) is 0.0833. The van der Waals surface area contributed by atoms with Crippen molar-refractivity contribution in [3.05, 3.63) is 94.5 Å². The van der Waals surface area contributed by atoms with Crippen molar-refractivity contribution in [3.8, 4) is 17.1 Å². The van der Waals surface area contributed by atoms with E-state index < -0.39 is 6.23 Å². The van der Waals surface area contributed by atoms with Gasteiger partial charge in [-0.15, -0.1) is 10.2 Å². The highest BCUT2D eigenvalue weighted by Gasteiger charge is 2.37. The number of aromatic nitrogens is 3. The molecule has 3 aromatic carbocycles. The summed E-state index contributed by atoms with van der Waals surface area (Å²) in [5.74, 6) is 0.144. The van der Waals surface area contributed by atoms with Gasteiger partial charge in [0.05, 0.1) is 5.69 Å². The SMILES string of the molecule is CSc1nnc2c(n1)O[C@@H](c1ccccc1Br)N(C(=O)c1ccccc1)c1ccccc1-2. The molecule has 0 unspecified atom stereocenters. The fourth-order valence-corrected chi connectivity index (χ4v) is 4.40. The van der Waals surface area contributed by atoms with Gasteiger partial charge in [0.25, 0.3) is 5.91 Å². The van der Waals surface area contributed by atoms with Gasteiger partial charge in [0, 0.05) is 21.2 Å². The van der Waals surface area contributed by atoms with E-state index >= 15 is 0 Å². The van der Waals surface area contributed by atoms with E-state index in [4.69, 9.17) is 4.74 Å². The van der Waals surface area contributed by atoms with Crippen molar-refractivity contribution in [2.75, 3.05) is 11.2 Å². The number of ether oxygens (including phenoxy) is 1. The number of fused-ring (bicyclic) bond motifs is 3. The van der Waals surface area contributed by atoms with E-state index in [1.807, 2.05) is 73.0 Å². The van der Waals surface area contributed by atoms with E-state index in [0.717, 1.165) is 15.6 Å². The van der Waals surface area contributed by atoms with E-state index in [0.29, 0.717) is 28.0 Å². The Kier molecular flexibility index (Phi) is 5.63. The lowest BCUT2D eigenvalue weighted by Gasteiger charge is -2.31. The molecule has 1 aromatic heterocycles. The quantitative estimate of drug-likeness (QED) is 0.330. The summed E-state index contributed by atoms with van der Waals surface area (Å²) < 4.78 is 7.28. The maximum atomic E-state index is 13.9. The Morgan fingerprint density at radius 2 is 1.69 bits per heavy atom. The molecule has 2 heterocycles. The minimum Gasteiger partial charge on any atom is -0.447 e. The number of carbonyl (C=O) groups is 1. The molecule has 0 N–H and O–H groups in total. The van der Waals surface area contributed by atoms with Crippen LogP contribution < -0.4 is 9.64 Å². The number of thioether (sulfide) groups is 1. The number of halogens is 1. The minimum atomic E-state index is -0.771. The predicted octanol–water partition coefficient (Wildman–Crippen LogP) is 5.76. The van der Waals surface area contributed by atoms with Crippen molar-refractivity contribution < 1.29 is 9.53 Å². The average Bonchev–Trinajstić information content (AvgIpc) is 2.98. The zero-order chi connectivity index (χ0) is 22.1. The number of amides is 1. The molecule has 8 heteroatoms. The molecule has 0 saturated carbocycles. The van der Waals surface area contributed by atoms with Crippen LogP contribution >= 0.6 is 27.7 Å². The van der Waals surface area contributed by atoms with Gasteiger partial charge in [-0.25, -0.2) is 0 Å². The van der Waals surface area contributed by atoms with Gasteiger partial charge < -0.3 is 4.74 Å². The molecule has 0 spiro atoms. The molecular weight excluding hydrogens is 488 g/mol. The molecule has 1 amide bonds. The number of rotatable bonds is 3. The molecule has 0 fully saturated rings. The van der Waals surface area contributed by atoms with E-state index in [-0.39, 0.29) is 5.91 Å². The van der Waals surface area contributed by atoms with Gasteiger partial charge in [0.1, 0.15) is 0 Å². The molecule has 0 aliphatic carbocycles. The first-order valence-corrected chi connectivity index (χ1v) is 11.9. The van der Waals surface area contributed by atoms with Crippen LogP contribution in [0.4, 0.5) is 5.69 Å². The lowest BCUT2D eigenvalue weighted by Crippen LogP contribution is -2.38. The van der Waals surface area contributed by atoms with Crippen molar-refractivity contribution in [1.29, 1.82) is 0 Å². The van der Waals surface area contributed by atoms with Crippen LogP contribution in [0, 0.1) is 0 Å². The van der Waals surface area contributed by atoms with Gasteiger partial charge in [-0.1, -0.05) is 82.3 Å². The van der Waals surface area contributed by atoms with Gasteiger partial charge in [0.2, 0.25) is 17.3 Å². The first-order chi connectivity index (χ1) is 15.7. The second kappa shape index (κ2) is 8.72. The Morgan fingerprint density at radius 3 is 2.47 bits per heavy atom. The smallest absolute Gasteiger partial charge is 0.261 e. The van der Waals surface area contributed by atoms with Crippen LogP contribution in [0.15, 0.2) is 88.5 Å². The molecule has 5 rings (SSSR count). The average molecular weight is 505 g/mol. The fourth-order valence-electron chi connectivity index (χ4n) is 3.62. The third-order valence-corrected chi connectivity index (χ3v) is 6.37. The van der Waals surface area contributed by atoms with Crippen LogP contribution in [0.5, 0.6) is 5.88 Å². The second-order valence-electron chi connectivity index (χ2n) is 7.00. The van der Waals surface area contributed by atoms with Crippen molar-refractivity contribution in [2.45, 2.75) is 11.4 Å². The summed E-state index contributed by atoms with van der Waals surface area (Å²) in [5.41, 5.74) is 3.25. The predicted molar refractivity (Wildman–Crippen MR) is 128 cm³/mol. The van der Waals surface area contributed by atoms with E-state index in [9.17, 15) is 4.79 Å². The lowest BCUT2D eigenvalue weighted by atomic mass is 10.1. The van der Waals surface area contributed by atoms with Gasteiger partial charge >= 0.3 is 0 Å². The van der Waals surface area contributed by atoms with Crippen LogP contribution in [0.1, 0.15) is 22.1 Å². The summed E-state index contributed by atoms with van der Waals surface area (Å²) in [5, 5.41) is 9.10. The minimum absolute atomic E-state index is 0.190. The Hall–Kier alpha value is -3.23. The van der Waals surface area contributed by atoms with Crippen molar-refractivity contribution >= 4 is 39.3 Å². The van der Waals surface area contributed by atoms with Crippen molar-refractivity contribution in [1.82, 2.24) is 15.2 Å². The van der Waals surface area contributed by atoms with Gasteiger partial charge in [0.15, 0.2) is 5.69 Å². The molecule has 32 heavy (non-hydrogen) atoms. The molecule has 1 aliphatic heterocycles. The van der Waals surface area contributed by atoms with Gasteiger partial charge in [-0.05, 0) is 30.5 Å². The molecule has 0 radical (unpaired) electrons. The third kappa shape index (κ3) is 3.65. The Balaban J connectivity index is 1.78. The largest absolute Gasteiger partial charge is 0.447 e. The molecule has 4 aromatic rings. The Labute approximate surface area is 197 Å². The maximum absolute atomic E-state index is 13.9. The van der Waals surface area contributed by atoms with E-state index in [1.54, 1.807) is 17.0 Å². The highest BCUT2D eigenvalue weighted by molar-refractivity contribution is 9.10. The van der Waals surface area contributed by atoms with E-state index in [2.05, 4.69) is 31.1 Å². The monoisotopic (exact) mass is 504 g/mol. The number of anilines is 1.